The van der Waals surface area contributed by atoms with Crippen molar-refractivity contribution in [3.8, 4) is 0 Å². The van der Waals surface area contributed by atoms with Crippen molar-refractivity contribution in [2.24, 2.45) is 0 Å². The minimum Gasteiger partial charge on any atom is -0.310 e. The van der Waals surface area contributed by atoms with E-state index in [0.29, 0.717) is 0 Å². The topological polar surface area (TPSA) is 112 Å². The molecule has 0 bridgehead atoms. The Labute approximate surface area is 47.0 Å². The van der Waals surface area contributed by atoms with Crippen LogP contribution in [0.3, 0.4) is 0 Å². The zero-order valence-electron chi connectivity index (χ0n) is 3.42. The molecule has 0 atom stereocenters. The van der Waals surface area contributed by atoms with Crippen LogP contribution in [0.15, 0.2) is 0 Å². The first-order valence-electron chi connectivity index (χ1n) is 1.08. The Hall–Kier alpha value is -0.0700. The summed E-state index contributed by atoms with van der Waals surface area (Å²) >= 11 is 0. The predicted octanol–water partition coefficient (Wildman–Crippen LogP) is -0.467. The van der Waals surface area contributed by atoms with E-state index in [0.717, 1.165) is 0 Å². The Bertz CT molecular complexity index is 123. The van der Waals surface area contributed by atoms with Gasteiger partial charge in [-0.2, -0.15) is 8.42 Å². The van der Waals surface area contributed by atoms with Gasteiger partial charge in [-0.1, -0.05) is 0 Å². The first-order valence-corrected chi connectivity index (χ1v) is 3.24. The second kappa shape index (κ2) is 5.07. The minimum atomic E-state index is -4.67. The molecule has 0 rings (SSSR count). The van der Waals surface area contributed by atoms with Gasteiger partial charge in [-0.15, -0.1) is 0 Å². The summed E-state index contributed by atoms with van der Waals surface area (Å²) in [5, 5.41) is 0. The Kier molecular flexibility index (Phi) is 6.87. The summed E-state index contributed by atoms with van der Waals surface area (Å²) in [4.78, 5) is 6.99. The maximum Gasteiger partial charge on any atom is 0.394 e. The van der Waals surface area contributed by atoms with E-state index in [1.165, 1.54) is 0 Å². The van der Waals surface area contributed by atoms with Gasteiger partial charge in [-0.05, 0) is 0 Å². The Morgan fingerprint density at radius 3 is 1.25 bits per heavy atom. The van der Waals surface area contributed by atoms with Crippen LogP contribution in [0.1, 0.15) is 0 Å². The third kappa shape index (κ3) is 29400. The molecule has 0 aromatic carbocycles. The van der Waals surface area contributed by atoms with Gasteiger partial charge < -0.3 is 4.89 Å². The van der Waals surface area contributed by atoms with Crippen molar-refractivity contribution < 1.29 is 27.0 Å². The van der Waals surface area contributed by atoms with Gasteiger partial charge in [0, 0.05) is 0 Å². The summed E-state index contributed by atoms with van der Waals surface area (Å²) < 4.78 is 40.0. The second-order valence-electron chi connectivity index (χ2n) is 0.529. The molecule has 8 heteroatoms. The van der Waals surface area contributed by atoms with E-state index in [-0.39, 0.29) is 0 Å². The van der Waals surface area contributed by atoms with Gasteiger partial charge in [-0.3, -0.25) is 9.11 Å². The lowest BCUT2D eigenvalue weighted by atomic mass is 15.8. The number of hydrogen-bond acceptors (Lipinski definition) is 3. The highest BCUT2D eigenvalue weighted by Gasteiger charge is 1.84. The first-order chi connectivity index (χ1) is 3.41. The molecule has 0 saturated carbocycles. The standard InChI is InChI=1S/H2O4S.HO2P/c1-5(2,3)4;1-3-2/h(H2,1,2,3,4);(H,1,2). The van der Waals surface area contributed by atoms with E-state index in [4.69, 9.17) is 27.0 Å². The van der Waals surface area contributed by atoms with Crippen molar-refractivity contribution in [2.75, 3.05) is 0 Å². The number of hydrogen-bond donors (Lipinski definition) is 3. The highest BCUT2D eigenvalue weighted by Crippen LogP contribution is 1.66. The van der Waals surface area contributed by atoms with E-state index >= 15 is 0 Å². The maximum absolute atomic E-state index is 8.74. The zero-order chi connectivity index (χ0) is 7.21. The SMILES string of the molecule is O=PO.O=S(=O)(O)O. The molecule has 0 amide bonds. The van der Waals surface area contributed by atoms with Crippen LogP contribution >= 0.6 is 8.69 Å². The average Bonchev–Trinajstić information content (AvgIpc) is 1.27. The van der Waals surface area contributed by atoms with Crippen molar-refractivity contribution in [3.05, 3.63) is 0 Å². The van der Waals surface area contributed by atoms with Crippen LogP contribution in [0.25, 0.3) is 0 Å². The highest BCUT2D eigenvalue weighted by atomic mass is 32.3. The molecule has 0 unspecified atom stereocenters. The monoisotopic (exact) mass is 162 g/mol. The summed E-state index contributed by atoms with van der Waals surface area (Å²) in [5.41, 5.74) is 0. The van der Waals surface area contributed by atoms with Crippen LogP contribution in [-0.4, -0.2) is 22.4 Å². The third-order valence-corrected chi connectivity index (χ3v) is 0. The lowest BCUT2D eigenvalue weighted by Crippen LogP contribution is -1.89. The summed E-state index contributed by atoms with van der Waals surface area (Å²) in [6, 6.07) is 0. The molecule has 0 radical (unpaired) electrons. The summed E-state index contributed by atoms with van der Waals surface area (Å²) in [7, 11) is -5.50. The van der Waals surface area contributed by atoms with Crippen LogP contribution in [0.4, 0.5) is 0 Å². The molecule has 0 aliphatic rings. The van der Waals surface area contributed by atoms with E-state index in [1.54, 1.807) is 0 Å². The molecule has 0 aliphatic carbocycles. The summed E-state index contributed by atoms with van der Waals surface area (Å²) in [5.74, 6) is 0. The van der Waals surface area contributed by atoms with Gasteiger partial charge >= 0.3 is 19.1 Å². The molecule has 0 fully saturated rings. The van der Waals surface area contributed by atoms with Gasteiger partial charge in [0.2, 0.25) is 0 Å². The van der Waals surface area contributed by atoms with Crippen LogP contribution in [0.2, 0.25) is 0 Å². The van der Waals surface area contributed by atoms with E-state index < -0.39 is 19.1 Å². The maximum atomic E-state index is 8.74. The van der Waals surface area contributed by atoms with Gasteiger partial charge in [0.15, 0.2) is 0 Å². The molecular formula is H3O6PS. The fourth-order valence-electron chi connectivity index (χ4n) is 0. The normalized spacial score (nSPS) is 9.88. The van der Waals surface area contributed by atoms with Crippen molar-refractivity contribution >= 4 is 19.1 Å². The largest absolute Gasteiger partial charge is 0.394 e. The van der Waals surface area contributed by atoms with Crippen LogP contribution in [0.5, 0.6) is 0 Å². The molecule has 0 aliphatic heterocycles. The lowest BCUT2D eigenvalue weighted by Gasteiger charge is -1.68. The fraction of sp³-hybridized carbons (Fsp3) is 0. The van der Waals surface area contributed by atoms with Crippen molar-refractivity contribution in [1.29, 1.82) is 0 Å². The molecule has 3 N–H and O–H groups in total. The van der Waals surface area contributed by atoms with Gasteiger partial charge in [-0.25, -0.2) is 4.57 Å². The molecule has 0 heterocycles. The molecule has 6 nitrogen and oxygen atoms in total. The van der Waals surface area contributed by atoms with Crippen LogP contribution < -0.4 is 0 Å². The quantitative estimate of drug-likeness (QED) is 0.328. The third-order valence-electron chi connectivity index (χ3n) is 0. The predicted molar refractivity (Wildman–Crippen MR) is 24.0 cm³/mol. The van der Waals surface area contributed by atoms with Crippen LogP contribution in [-0.2, 0) is 15.0 Å². The molecule has 8 heavy (non-hydrogen) atoms. The molecule has 0 saturated heterocycles. The average molecular weight is 162 g/mol. The summed E-state index contributed by atoms with van der Waals surface area (Å²) in [6.07, 6.45) is 0. The smallest absolute Gasteiger partial charge is 0.310 e. The Balaban J connectivity index is 0. The van der Waals surface area contributed by atoms with Gasteiger partial charge in [0.25, 0.3) is 0 Å². The minimum absolute atomic E-state index is 0.833. The van der Waals surface area contributed by atoms with Crippen molar-refractivity contribution in [3.63, 3.8) is 0 Å². The van der Waals surface area contributed by atoms with Gasteiger partial charge in [0.1, 0.15) is 0 Å². The first kappa shape index (κ1) is 10.8. The van der Waals surface area contributed by atoms with Crippen molar-refractivity contribution in [2.45, 2.75) is 0 Å². The van der Waals surface area contributed by atoms with E-state index in [2.05, 4.69) is 0 Å². The molecular weight excluding hydrogens is 159 g/mol. The Morgan fingerprint density at radius 1 is 1.25 bits per heavy atom. The van der Waals surface area contributed by atoms with Crippen LogP contribution in [0, 0.1) is 0 Å². The Morgan fingerprint density at radius 2 is 1.25 bits per heavy atom. The second-order valence-corrected chi connectivity index (χ2v) is 1.59. The lowest BCUT2D eigenvalue weighted by molar-refractivity contribution is 0.381. The summed E-state index contributed by atoms with van der Waals surface area (Å²) in [6.45, 7) is 0. The molecule has 50 valence electrons. The molecule has 0 spiro atoms. The molecule has 0 aromatic heterocycles. The fourth-order valence-corrected chi connectivity index (χ4v) is 0. The van der Waals surface area contributed by atoms with E-state index in [9.17, 15) is 0 Å². The molecule has 0 aromatic rings. The highest BCUT2D eigenvalue weighted by molar-refractivity contribution is 7.79. The van der Waals surface area contributed by atoms with E-state index in [1.807, 2.05) is 0 Å². The van der Waals surface area contributed by atoms with Gasteiger partial charge in [0.05, 0.1) is 0 Å². The zero-order valence-corrected chi connectivity index (χ0v) is 5.13. The number of rotatable bonds is 0. The van der Waals surface area contributed by atoms with Crippen molar-refractivity contribution in [1.82, 2.24) is 0 Å².